The van der Waals surface area contributed by atoms with Crippen LogP contribution in [0.25, 0.3) is 0 Å². The van der Waals surface area contributed by atoms with Gasteiger partial charge in [-0.3, -0.25) is 0 Å². The Morgan fingerprint density at radius 3 is 2.67 bits per heavy atom. The van der Waals surface area contributed by atoms with Crippen LogP contribution >= 0.6 is 50.1 Å². The number of pyridine rings is 1. The molecule has 0 aliphatic heterocycles. The topological polar surface area (TPSA) is 12.9 Å². The maximum absolute atomic E-state index is 12.3. The number of halogens is 5. The molecule has 0 saturated carbocycles. The average molecular weight is 368 g/mol. The Bertz CT molecular complexity index is 308. The molecule has 66 valence electrons. The molecule has 0 radical (unpaired) electrons. The van der Waals surface area contributed by atoms with Gasteiger partial charge in [-0.05, 0) is 44.6 Å². The van der Waals surface area contributed by atoms with Crippen LogP contribution < -0.4 is 0 Å². The highest BCUT2D eigenvalue weighted by Gasteiger charge is 2.15. The normalized spacial score (nSPS) is 10.8. The van der Waals surface area contributed by atoms with Crippen molar-refractivity contribution >= 4 is 50.1 Å². The van der Waals surface area contributed by atoms with Crippen molar-refractivity contribution < 1.29 is 8.78 Å². The number of hydrogen-bond acceptors (Lipinski definition) is 1. The minimum absolute atomic E-state index is 0.0949. The van der Waals surface area contributed by atoms with Gasteiger partial charge in [-0.25, -0.2) is 13.8 Å². The van der Waals surface area contributed by atoms with E-state index in [2.05, 4.69) is 20.9 Å². The summed E-state index contributed by atoms with van der Waals surface area (Å²) in [7, 11) is 0. The van der Waals surface area contributed by atoms with Gasteiger partial charge in [0.15, 0.2) is 0 Å². The van der Waals surface area contributed by atoms with Crippen LogP contribution in [0.4, 0.5) is 8.78 Å². The van der Waals surface area contributed by atoms with E-state index in [1.807, 2.05) is 0 Å². The average Bonchev–Trinajstić information content (AvgIpc) is 1.96. The summed E-state index contributed by atoms with van der Waals surface area (Å²) >= 11 is 10.3. The van der Waals surface area contributed by atoms with Gasteiger partial charge < -0.3 is 0 Å². The summed E-state index contributed by atoms with van der Waals surface area (Å²) in [6.45, 7) is 0. The quantitative estimate of drug-likeness (QED) is 0.539. The van der Waals surface area contributed by atoms with Gasteiger partial charge in [-0.1, -0.05) is 11.6 Å². The first kappa shape index (κ1) is 10.6. The van der Waals surface area contributed by atoms with E-state index in [4.69, 9.17) is 11.6 Å². The van der Waals surface area contributed by atoms with Gasteiger partial charge in [-0.15, -0.1) is 0 Å². The molecule has 1 heterocycles. The fourth-order valence-corrected chi connectivity index (χ4v) is 1.88. The van der Waals surface area contributed by atoms with Crippen molar-refractivity contribution in [3.05, 3.63) is 25.0 Å². The third kappa shape index (κ3) is 2.26. The van der Waals surface area contributed by atoms with Crippen molar-refractivity contribution in [1.82, 2.24) is 4.98 Å². The lowest BCUT2D eigenvalue weighted by Gasteiger charge is -2.04. The fourth-order valence-electron chi connectivity index (χ4n) is 0.645. The van der Waals surface area contributed by atoms with Gasteiger partial charge in [0.25, 0.3) is 6.43 Å². The highest BCUT2D eigenvalue weighted by atomic mass is 127. The molecule has 12 heavy (non-hydrogen) atoms. The van der Waals surface area contributed by atoms with E-state index in [-0.39, 0.29) is 10.7 Å². The first-order chi connectivity index (χ1) is 5.52. The lowest BCUT2D eigenvalue weighted by molar-refractivity contribution is 0.150. The molecule has 0 atom stereocenters. The zero-order valence-electron chi connectivity index (χ0n) is 5.49. The van der Waals surface area contributed by atoms with E-state index in [1.165, 1.54) is 6.07 Å². The van der Waals surface area contributed by atoms with Crippen LogP contribution in [0.15, 0.2) is 10.7 Å². The lowest BCUT2D eigenvalue weighted by atomic mass is 10.3. The number of alkyl halides is 2. The molecule has 0 aliphatic carbocycles. The third-order valence-corrected chi connectivity index (χ3v) is 3.28. The summed E-state index contributed by atoms with van der Waals surface area (Å²) in [4.78, 5) is 3.76. The van der Waals surface area contributed by atoms with E-state index < -0.39 is 6.43 Å². The van der Waals surface area contributed by atoms with Crippen LogP contribution in [0.3, 0.4) is 0 Å². The van der Waals surface area contributed by atoms with Crippen LogP contribution in [0.2, 0.25) is 5.15 Å². The van der Waals surface area contributed by atoms with Crippen LogP contribution in [0.5, 0.6) is 0 Å². The molecule has 0 bridgehead atoms. The number of hydrogen-bond donors (Lipinski definition) is 0. The second-order valence-electron chi connectivity index (χ2n) is 1.94. The van der Waals surface area contributed by atoms with E-state index in [0.29, 0.717) is 8.17 Å². The molecule has 0 unspecified atom stereocenters. The van der Waals surface area contributed by atoms with Crippen molar-refractivity contribution in [2.24, 2.45) is 0 Å². The van der Waals surface area contributed by atoms with Gasteiger partial charge in [0, 0.05) is 5.56 Å². The zero-order chi connectivity index (χ0) is 9.30. The lowest BCUT2D eigenvalue weighted by Crippen LogP contribution is -1.93. The van der Waals surface area contributed by atoms with Gasteiger partial charge in [0.1, 0.15) is 9.76 Å². The first-order valence-electron chi connectivity index (χ1n) is 2.82. The molecule has 1 rings (SSSR count). The predicted molar refractivity (Wildman–Crippen MR) is 54.6 cm³/mol. The van der Waals surface area contributed by atoms with Crippen molar-refractivity contribution in [3.63, 3.8) is 0 Å². The maximum Gasteiger partial charge on any atom is 0.265 e. The molecule has 0 fully saturated rings. The van der Waals surface area contributed by atoms with Gasteiger partial charge in [0.05, 0.1) is 3.57 Å². The summed E-state index contributed by atoms with van der Waals surface area (Å²) in [5, 5.41) is 0.0975. The number of rotatable bonds is 1. The Morgan fingerprint density at radius 2 is 2.17 bits per heavy atom. The van der Waals surface area contributed by atoms with Gasteiger partial charge >= 0.3 is 0 Å². The van der Waals surface area contributed by atoms with Gasteiger partial charge in [0.2, 0.25) is 0 Å². The number of nitrogens with zero attached hydrogens (tertiary/aromatic N) is 1. The molecule has 0 saturated heterocycles. The maximum atomic E-state index is 12.3. The fraction of sp³-hybridized carbons (Fsp3) is 0.167. The summed E-state index contributed by atoms with van der Waals surface area (Å²) in [6, 6.07) is 1.26. The Morgan fingerprint density at radius 1 is 1.58 bits per heavy atom. The van der Waals surface area contributed by atoms with Crippen LogP contribution in [-0.4, -0.2) is 4.98 Å². The van der Waals surface area contributed by atoms with E-state index >= 15 is 0 Å². The molecular weight excluding hydrogens is 366 g/mol. The Labute approximate surface area is 94.8 Å². The Kier molecular flexibility index (Phi) is 3.66. The molecule has 6 heteroatoms. The number of aromatic nitrogens is 1. The monoisotopic (exact) mass is 367 g/mol. The second-order valence-corrected chi connectivity index (χ2v) is 4.19. The first-order valence-corrected chi connectivity index (χ1v) is 5.07. The molecule has 1 aromatic heterocycles. The predicted octanol–water partition coefficient (Wildman–Crippen LogP) is 4.04. The summed E-state index contributed by atoms with van der Waals surface area (Å²) in [6.07, 6.45) is -2.52. The highest BCUT2D eigenvalue weighted by Crippen LogP contribution is 2.30. The van der Waals surface area contributed by atoms with E-state index in [0.717, 1.165) is 0 Å². The Balaban J connectivity index is 3.28. The minimum atomic E-state index is -2.52. The molecular formula is C6H2BrClF2IN. The van der Waals surface area contributed by atoms with Crippen molar-refractivity contribution in [1.29, 1.82) is 0 Å². The smallest absolute Gasteiger partial charge is 0.228 e. The summed E-state index contributed by atoms with van der Waals surface area (Å²) < 4.78 is 25.2. The molecule has 1 aromatic rings. The molecule has 0 aliphatic rings. The van der Waals surface area contributed by atoms with E-state index in [1.54, 1.807) is 22.6 Å². The molecule has 0 spiro atoms. The van der Waals surface area contributed by atoms with Gasteiger partial charge in [-0.2, -0.15) is 0 Å². The van der Waals surface area contributed by atoms with Crippen LogP contribution in [-0.2, 0) is 0 Å². The van der Waals surface area contributed by atoms with Crippen molar-refractivity contribution in [2.75, 3.05) is 0 Å². The Hall–Kier alpha value is 0.510. The van der Waals surface area contributed by atoms with Crippen molar-refractivity contribution in [2.45, 2.75) is 6.43 Å². The van der Waals surface area contributed by atoms with Crippen molar-refractivity contribution in [3.8, 4) is 0 Å². The largest absolute Gasteiger partial charge is 0.265 e. The zero-order valence-corrected chi connectivity index (χ0v) is 9.99. The SMILES string of the molecule is FC(F)c1cc(Br)nc(Cl)c1I. The molecule has 0 aromatic carbocycles. The second kappa shape index (κ2) is 4.15. The highest BCUT2D eigenvalue weighted by molar-refractivity contribution is 14.1. The van der Waals surface area contributed by atoms with Crippen LogP contribution in [0.1, 0.15) is 12.0 Å². The summed E-state index contributed by atoms with van der Waals surface area (Å²) in [5.41, 5.74) is -0.0949. The third-order valence-electron chi connectivity index (χ3n) is 1.15. The molecule has 1 nitrogen and oxygen atoms in total. The van der Waals surface area contributed by atoms with Crippen LogP contribution in [0, 0.1) is 3.57 Å². The minimum Gasteiger partial charge on any atom is -0.228 e. The summed E-state index contributed by atoms with van der Waals surface area (Å²) in [5.74, 6) is 0. The molecule has 0 N–H and O–H groups in total. The standard InChI is InChI=1S/C6H2BrClF2IN/c7-3-1-2(6(9)10)4(11)5(8)12-3/h1,6H. The van der Waals surface area contributed by atoms with E-state index in [9.17, 15) is 8.78 Å². The molecule has 0 amide bonds.